The highest BCUT2D eigenvalue weighted by Gasteiger charge is 2.12. The number of ether oxygens (including phenoxy) is 1. The minimum Gasteiger partial charge on any atom is -0.496 e. The number of carbonyl (C=O) groups is 2. The Bertz CT molecular complexity index is 710. The van der Waals surface area contributed by atoms with Crippen LogP contribution in [-0.4, -0.2) is 23.8 Å². The SMILES string of the molecule is CCc1nc(CNC(=O)Cc2cc(C(C)=O)ccc2OC)cs1. The lowest BCUT2D eigenvalue weighted by Crippen LogP contribution is -2.25. The zero-order valence-corrected chi connectivity index (χ0v) is 14.3. The number of rotatable bonds is 7. The van der Waals surface area contributed by atoms with Crippen LogP contribution in [0.15, 0.2) is 23.6 Å². The average molecular weight is 332 g/mol. The molecule has 1 amide bonds. The number of aryl methyl sites for hydroxylation is 1. The van der Waals surface area contributed by atoms with Crippen LogP contribution in [0, 0.1) is 0 Å². The zero-order chi connectivity index (χ0) is 16.8. The summed E-state index contributed by atoms with van der Waals surface area (Å²) in [5, 5.41) is 5.86. The van der Waals surface area contributed by atoms with Crippen LogP contribution in [0.25, 0.3) is 0 Å². The van der Waals surface area contributed by atoms with Crippen molar-refractivity contribution in [3.05, 3.63) is 45.4 Å². The fourth-order valence-corrected chi connectivity index (χ4v) is 2.90. The van der Waals surface area contributed by atoms with E-state index in [4.69, 9.17) is 4.74 Å². The maximum atomic E-state index is 12.1. The number of nitrogens with zero attached hydrogens (tertiary/aromatic N) is 1. The van der Waals surface area contributed by atoms with Gasteiger partial charge in [0.15, 0.2) is 5.78 Å². The molecule has 2 aromatic rings. The molecule has 0 unspecified atom stereocenters. The third-order valence-corrected chi connectivity index (χ3v) is 4.45. The molecule has 0 radical (unpaired) electrons. The summed E-state index contributed by atoms with van der Waals surface area (Å²) in [6.45, 7) is 3.96. The number of hydrogen-bond donors (Lipinski definition) is 1. The molecular formula is C17H20N2O3S. The molecule has 0 aliphatic rings. The highest BCUT2D eigenvalue weighted by molar-refractivity contribution is 7.09. The highest BCUT2D eigenvalue weighted by atomic mass is 32.1. The van der Waals surface area contributed by atoms with Crippen molar-refractivity contribution in [3.63, 3.8) is 0 Å². The zero-order valence-electron chi connectivity index (χ0n) is 13.5. The smallest absolute Gasteiger partial charge is 0.224 e. The number of benzene rings is 1. The number of amides is 1. The van der Waals surface area contributed by atoms with E-state index in [1.165, 1.54) is 6.92 Å². The Morgan fingerprint density at radius 2 is 2.13 bits per heavy atom. The average Bonchev–Trinajstić information content (AvgIpc) is 3.01. The van der Waals surface area contributed by atoms with Gasteiger partial charge in [-0.1, -0.05) is 6.92 Å². The number of thiazole rings is 1. The largest absolute Gasteiger partial charge is 0.496 e. The third kappa shape index (κ3) is 4.63. The first-order valence-corrected chi connectivity index (χ1v) is 8.29. The molecule has 0 bridgehead atoms. The molecule has 0 spiro atoms. The maximum Gasteiger partial charge on any atom is 0.224 e. The Morgan fingerprint density at radius 1 is 1.35 bits per heavy atom. The molecule has 1 aromatic carbocycles. The van der Waals surface area contributed by atoms with Gasteiger partial charge in [-0.25, -0.2) is 4.98 Å². The van der Waals surface area contributed by atoms with Gasteiger partial charge >= 0.3 is 0 Å². The molecule has 23 heavy (non-hydrogen) atoms. The molecule has 0 saturated carbocycles. The van der Waals surface area contributed by atoms with Crippen molar-refractivity contribution in [2.75, 3.05) is 7.11 Å². The molecule has 2 rings (SSSR count). The van der Waals surface area contributed by atoms with Crippen molar-refractivity contribution >= 4 is 23.0 Å². The fourth-order valence-electron chi connectivity index (χ4n) is 2.15. The van der Waals surface area contributed by atoms with E-state index in [1.54, 1.807) is 36.6 Å². The second-order valence-corrected chi connectivity index (χ2v) is 6.07. The summed E-state index contributed by atoms with van der Waals surface area (Å²) in [6, 6.07) is 5.12. The highest BCUT2D eigenvalue weighted by Crippen LogP contribution is 2.21. The number of nitrogens with one attached hydrogen (secondary N) is 1. The van der Waals surface area contributed by atoms with E-state index < -0.39 is 0 Å². The summed E-state index contributed by atoms with van der Waals surface area (Å²) in [7, 11) is 1.55. The van der Waals surface area contributed by atoms with Crippen molar-refractivity contribution in [2.45, 2.75) is 33.2 Å². The summed E-state index contributed by atoms with van der Waals surface area (Å²) < 4.78 is 5.26. The Hall–Kier alpha value is -2.21. The Kier molecular flexibility index (Phi) is 5.87. The van der Waals surface area contributed by atoms with Gasteiger partial charge in [0.1, 0.15) is 5.75 Å². The van der Waals surface area contributed by atoms with E-state index in [-0.39, 0.29) is 18.1 Å². The summed E-state index contributed by atoms with van der Waals surface area (Å²) in [4.78, 5) is 28.0. The molecular weight excluding hydrogens is 312 g/mol. The van der Waals surface area contributed by atoms with Crippen LogP contribution in [-0.2, 0) is 24.2 Å². The number of carbonyl (C=O) groups excluding carboxylic acids is 2. The van der Waals surface area contributed by atoms with Crippen molar-refractivity contribution in [1.29, 1.82) is 0 Å². The first-order chi connectivity index (χ1) is 11.0. The minimum atomic E-state index is -0.130. The van der Waals surface area contributed by atoms with Crippen LogP contribution in [0.4, 0.5) is 0 Å². The molecule has 122 valence electrons. The molecule has 0 atom stereocenters. The van der Waals surface area contributed by atoms with E-state index in [9.17, 15) is 9.59 Å². The molecule has 1 aromatic heterocycles. The maximum absolute atomic E-state index is 12.1. The predicted octanol–water partition coefficient (Wildman–Crippen LogP) is 2.78. The first kappa shape index (κ1) is 17.1. The van der Waals surface area contributed by atoms with Crippen molar-refractivity contribution < 1.29 is 14.3 Å². The molecule has 5 nitrogen and oxygen atoms in total. The summed E-state index contributed by atoms with van der Waals surface area (Å²) >= 11 is 1.60. The quantitative estimate of drug-likeness (QED) is 0.792. The Labute approximate surface area is 139 Å². The van der Waals surface area contributed by atoms with Gasteiger partial charge in [0.2, 0.25) is 5.91 Å². The lowest BCUT2D eigenvalue weighted by Gasteiger charge is -2.10. The number of aromatic nitrogens is 1. The number of Topliss-reactive ketones (excluding diaryl/α,β-unsaturated/α-hetero) is 1. The molecule has 1 N–H and O–H groups in total. The van der Waals surface area contributed by atoms with E-state index in [0.717, 1.165) is 17.1 Å². The lowest BCUT2D eigenvalue weighted by atomic mass is 10.0. The Morgan fingerprint density at radius 3 is 2.74 bits per heavy atom. The number of hydrogen-bond acceptors (Lipinski definition) is 5. The third-order valence-electron chi connectivity index (χ3n) is 3.41. The van der Waals surface area contributed by atoms with Gasteiger partial charge in [0.05, 0.1) is 30.8 Å². The van der Waals surface area contributed by atoms with Crippen molar-refractivity contribution in [1.82, 2.24) is 10.3 Å². The van der Waals surface area contributed by atoms with Gasteiger partial charge in [-0.3, -0.25) is 9.59 Å². The molecule has 1 heterocycles. The molecule has 0 fully saturated rings. The van der Waals surface area contributed by atoms with Crippen LogP contribution >= 0.6 is 11.3 Å². The van der Waals surface area contributed by atoms with E-state index >= 15 is 0 Å². The summed E-state index contributed by atoms with van der Waals surface area (Å²) in [6.07, 6.45) is 1.06. The number of methoxy groups -OCH3 is 1. The number of ketones is 1. The lowest BCUT2D eigenvalue weighted by molar-refractivity contribution is -0.120. The second-order valence-electron chi connectivity index (χ2n) is 5.12. The van der Waals surface area contributed by atoms with Gasteiger partial charge in [-0.2, -0.15) is 0 Å². The minimum absolute atomic E-state index is 0.0381. The van der Waals surface area contributed by atoms with E-state index in [1.807, 2.05) is 5.38 Å². The van der Waals surface area contributed by atoms with Gasteiger partial charge in [0, 0.05) is 16.5 Å². The monoisotopic (exact) mass is 332 g/mol. The van der Waals surface area contributed by atoms with Crippen molar-refractivity contribution in [2.24, 2.45) is 0 Å². The van der Waals surface area contributed by atoms with Crippen molar-refractivity contribution in [3.8, 4) is 5.75 Å². The predicted molar refractivity (Wildman–Crippen MR) is 90.0 cm³/mol. The topological polar surface area (TPSA) is 68.3 Å². The molecule has 6 heteroatoms. The normalized spacial score (nSPS) is 10.4. The molecule has 0 saturated heterocycles. The second kappa shape index (κ2) is 7.87. The van der Waals surface area contributed by atoms with E-state index in [2.05, 4.69) is 17.2 Å². The van der Waals surface area contributed by atoms with Crippen LogP contribution in [0.5, 0.6) is 5.75 Å². The van der Waals surface area contributed by atoms with E-state index in [0.29, 0.717) is 23.4 Å². The van der Waals surface area contributed by atoms with Crippen LogP contribution in [0.2, 0.25) is 0 Å². The van der Waals surface area contributed by atoms with Crippen LogP contribution in [0.1, 0.15) is 40.5 Å². The summed E-state index contributed by atoms with van der Waals surface area (Å²) in [5.74, 6) is 0.436. The van der Waals surface area contributed by atoms with Crippen LogP contribution < -0.4 is 10.1 Å². The fraction of sp³-hybridized carbons (Fsp3) is 0.353. The molecule has 0 aliphatic carbocycles. The standard InChI is InChI=1S/C17H20N2O3S/c1-4-17-19-14(10-23-17)9-18-16(21)8-13-7-12(11(2)20)5-6-15(13)22-3/h5-7,10H,4,8-9H2,1-3H3,(H,18,21). The Balaban J connectivity index is 2.01. The summed E-state index contributed by atoms with van der Waals surface area (Å²) in [5.41, 5.74) is 2.13. The first-order valence-electron chi connectivity index (χ1n) is 7.41. The van der Waals surface area contributed by atoms with Gasteiger partial charge in [-0.05, 0) is 31.5 Å². The van der Waals surface area contributed by atoms with Gasteiger partial charge in [-0.15, -0.1) is 11.3 Å². The van der Waals surface area contributed by atoms with Gasteiger partial charge < -0.3 is 10.1 Å². The molecule has 0 aliphatic heterocycles. The van der Waals surface area contributed by atoms with Crippen LogP contribution in [0.3, 0.4) is 0 Å². The van der Waals surface area contributed by atoms with Gasteiger partial charge in [0.25, 0.3) is 0 Å².